The molecule has 0 aromatic heterocycles. The molecule has 0 fully saturated rings. The van der Waals surface area contributed by atoms with Crippen molar-refractivity contribution in [2.75, 3.05) is 14.2 Å². The Morgan fingerprint density at radius 3 is 2.29 bits per heavy atom. The molecule has 0 heterocycles. The van der Waals surface area contributed by atoms with Crippen molar-refractivity contribution < 1.29 is 9.53 Å². The summed E-state index contributed by atoms with van der Waals surface area (Å²) in [6.07, 6.45) is 0. The van der Waals surface area contributed by atoms with Crippen LogP contribution in [0.4, 0.5) is 0 Å². The molecule has 0 radical (unpaired) electrons. The van der Waals surface area contributed by atoms with E-state index in [1.807, 2.05) is 39.8 Å². The Labute approximate surface area is 103 Å². The highest BCUT2D eigenvalue weighted by molar-refractivity contribution is 6.04. The first-order chi connectivity index (χ1) is 7.83. The van der Waals surface area contributed by atoms with Gasteiger partial charge in [-0.25, -0.2) is 0 Å². The number of ether oxygens (including phenoxy) is 1. The topological polar surface area (TPSA) is 38.3 Å². The second kappa shape index (κ2) is 4.88. The largest absolute Gasteiger partial charge is 0.496 e. The third-order valence-corrected chi connectivity index (χ3v) is 3.18. The lowest BCUT2D eigenvalue weighted by atomic mass is 9.90. The third kappa shape index (κ3) is 2.67. The second-order valence-electron chi connectivity index (χ2n) is 4.84. The molecule has 0 unspecified atom stereocenters. The van der Waals surface area contributed by atoms with E-state index in [9.17, 15) is 4.79 Å². The Kier molecular flexibility index (Phi) is 3.94. The predicted molar refractivity (Wildman–Crippen MR) is 69.9 cm³/mol. The molecule has 17 heavy (non-hydrogen) atoms. The Balaban J connectivity index is 3.25. The fourth-order valence-corrected chi connectivity index (χ4v) is 1.70. The zero-order valence-electron chi connectivity index (χ0n) is 11.5. The van der Waals surface area contributed by atoms with Crippen molar-refractivity contribution >= 4 is 5.78 Å². The summed E-state index contributed by atoms with van der Waals surface area (Å²) >= 11 is 0. The van der Waals surface area contributed by atoms with Crippen molar-refractivity contribution in [1.82, 2.24) is 5.32 Å². The lowest BCUT2D eigenvalue weighted by Gasteiger charge is -2.23. The fourth-order valence-electron chi connectivity index (χ4n) is 1.70. The molecule has 0 bridgehead atoms. The van der Waals surface area contributed by atoms with Crippen molar-refractivity contribution in [2.24, 2.45) is 0 Å². The zero-order valence-corrected chi connectivity index (χ0v) is 11.5. The van der Waals surface area contributed by atoms with Gasteiger partial charge in [-0.2, -0.15) is 0 Å². The van der Waals surface area contributed by atoms with Gasteiger partial charge >= 0.3 is 0 Å². The SMILES string of the molecule is CNC(C)(C)C(=O)c1cc(C)c(OC)cc1C. The third-order valence-electron chi connectivity index (χ3n) is 3.18. The summed E-state index contributed by atoms with van der Waals surface area (Å²) in [7, 11) is 3.43. The van der Waals surface area contributed by atoms with Gasteiger partial charge in [-0.1, -0.05) is 0 Å². The van der Waals surface area contributed by atoms with E-state index >= 15 is 0 Å². The summed E-state index contributed by atoms with van der Waals surface area (Å²) in [6, 6.07) is 3.81. The summed E-state index contributed by atoms with van der Waals surface area (Å²) in [6.45, 7) is 7.64. The first kappa shape index (κ1) is 13.7. The highest BCUT2D eigenvalue weighted by atomic mass is 16.5. The van der Waals surface area contributed by atoms with Crippen molar-refractivity contribution in [1.29, 1.82) is 0 Å². The number of rotatable bonds is 4. The second-order valence-corrected chi connectivity index (χ2v) is 4.84. The minimum Gasteiger partial charge on any atom is -0.496 e. The van der Waals surface area contributed by atoms with Gasteiger partial charge in [0.1, 0.15) is 5.75 Å². The zero-order chi connectivity index (χ0) is 13.2. The molecular weight excluding hydrogens is 214 g/mol. The normalized spacial score (nSPS) is 11.4. The molecule has 94 valence electrons. The van der Waals surface area contributed by atoms with Gasteiger partial charge in [0, 0.05) is 5.56 Å². The van der Waals surface area contributed by atoms with E-state index in [4.69, 9.17) is 4.74 Å². The lowest BCUT2D eigenvalue weighted by molar-refractivity contribution is 0.0889. The molecule has 0 spiro atoms. The Morgan fingerprint density at radius 1 is 1.24 bits per heavy atom. The molecule has 0 aliphatic carbocycles. The van der Waals surface area contributed by atoms with Crippen LogP contribution in [0, 0.1) is 13.8 Å². The number of carbonyl (C=O) groups excluding carboxylic acids is 1. The molecule has 0 saturated carbocycles. The summed E-state index contributed by atoms with van der Waals surface area (Å²) in [4.78, 5) is 12.4. The molecule has 0 aliphatic rings. The van der Waals surface area contributed by atoms with Gasteiger partial charge in [-0.15, -0.1) is 0 Å². The minimum atomic E-state index is -0.550. The van der Waals surface area contributed by atoms with Crippen LogP contribution in [-0.4, -0.2) is 25.5 Å². The fraction of sp³-hybridized carbons (Fsp3) is 0.500. The Morgan fingerprint density at radius 2 is 1.82 bits per heavy atom. The maximum Gasteiger partial charge on any atom is 0.182 e. The van der Waals surface area contributed by atoms with Crippen molar-refractivity contribution in [2.45, 2.75) is 33.2 Å². The smallest absolute Gasteiger partial charge is 0.182 e. The molecule has 3 heteroatoms. The average molecular weight is 235 g/mol. The van der Waals surface area contributed by atoms with E-state index in [1.165, 1.54) is 0 Å². The van der Waals surface area contributed by atoms with E-state index in [-0.39, 0.29) is 5.78 Å². The highest BCUT2D eigenvalue weighted by Gasteiger charge is 2.28. The molecule has 1 aromatic rings. The van der Waals surface area contributed by atoms with Crippen LogP contribution < -0.4 is 10.1 Å². The molecule has 0 aliphatic heterocycles. The van der Waals surface area contributed by atoms with Gasteiger partial charge in [-0.05, 0) is 58.0 Å². The molecule has 0 amide bonds. The molecule has 1 aromatic carbocycles. The van der Waals surface area contributed by atoms with E-state index in [2.05, 4.69) is 5.32 Å². The Bertz CT molecular complexity index is 436. The number of likely N-dealkylation sites (N-methyl/N-ethyl adjacent to an activating group) is 1. The Hall–Kier alpha value is -1.35. The van der Waals surface area contributed by atoms with Crippen LogP contribution in [0.15, 0.2) is 12.1 Å². The quantitative estimate of drug-likeness (QED) is 0.815. The van der Waals surface area contributed by atoms with E-state index in [1.54, 1.807) is 14.2 Å². The number of ketones is 1. The van der Waals surface area contributed by atoms with Gasteiger partial charge in [0.2, 0.25) is 0 Å². The van der Waals surface area contributed by atoms with Crippen LogP contribution in [0.1, 0.15) is 35.3 Å². The molecular formula is C14H21NO2. The first-order valence-corrected chi connectivity index (χ1v) is 5.72. The van der Waals surface area contributed by atoms with Gasteiger partial charge in [0.15, 0.2) is 5.78 Å². The number of methoxy groups -OCH3 is 1. The molecule has 1 rings (SSSR count). The van der Waals surface area contributed by atoms with Crippen LogP contribution in [0.2, 0.25) is 0 Å². The highest BCUT2D eigenvalue weighted by Crippen LogP contribution is 2.25. The summed E-state index contributed by atoms with van der Waals surface area (Å²) in [5.74, 6) is 0.921. The average Bonchev–Trinajstić information content (AvgIpc) is 2.30. The van der Waals surface area contributed by atoms with Crippen LogP contribution in [-0.2, 0) is 0 Å². The lowest BCUT2D eigenvalue weighted by Crippen LogP contribution is -2.44. The number of Topliss-reactive ketones (excluding diaryl/α,β-unsaturated/α-hetero) is 1. The van der Waals surface area contributed by atoms with Crippen molar-refractivity contribution in [3.63, 3.8) is 0 Å². The van der Waals surface area contributed by atoms with Gasteiger partial charge in [0.25, 0.3) is 0 Å². The minimum absolute atomic E-state index is 0.100. The number of hydrogen-bond donors (Lipinski definition) is 1. The molecule has 0 atom stereocenters. The summed E-state index contributed by atoms with van der Waals surface area (Å²) < 4.78 is 5.25. The van der Waals surface area contributed by atoms with Crippen LogP contribution >= 0.6 is 0 Å². The van der Waals surface area contributed by atoms with E-state index in [0.717, 1.165) is 22.4 Å². The van der Waals surface area contributed by atoms with E-state index in [0.29, 0.717) is 0 Å². The summed E-state index contributed by atoms with van der Waals surface area (Å²) in [5, 5.41) is 3.03. The first-order valence-electron chi connectivity index (χ1n) is 5.72. The summed E-state index contributed by atoms with van der Waals surface area (Å²) in [5.41, 5.74) is 2.13. The van der Waals surface area contributed by atoms with Crippen molar-refractivity contribution in [3.8, 4) is 5.75 Å². The van der Waals surface area contributed by atoms with Crippen LogP contribution in [0.3, 0.4) is 0 Å². The van der Waals surface area contributed by atoms with Gasteiger partial charge in [0.05, 0.1) is 12.6 Å². The van der Waals surface area contributed by atoms with Crippen LogP contribution in [0.25, 0.3) is 0 Å². The predicted octanol–water partition coefficient (Wildman–Crippen LogP) is 2.49. The number of hydrogen-bond acceptors (Lipinski definition) is 3. The standard InChI is InChI=1S/C14H21NO2/c1-9-8-12(17-6)10(2)7-11(9)13(16)14(3,4)15-5/h7-8,15H,1-6H3. The number of benzene rings is 1. The number of nitrogens with one attached hydrogen (secondary N) is 1. The molecule has 1 N–H and O–H groups in total. The van der Waals surface area contributed by atoms with Crippen molar-refractivity contribution in [3.05, 3.63) is 28.8 Å². The van der Waals surface area contributed by atoms with E-state index < -0.39 is 5.54 Å². The van der Waals surface area contributed by atoms with Gasteiger partial charge < -0.3 is 10.1 Å². The van der Waals surface area contributed by atoms with Crippen LogP contribution in [0.5, 0.6) is 5.75 Å². The monoisotopic (exact) mass is 235 g/mol. The molecule has 0 saturated heterocycles. The maximum absolute atomic E-state index is 12.4. The molecule has 3 nitrogen and oxygen atoms in total. The maximum atomic E-state index is 12.4. The van der Waals surface area contributed by atoms with Gasteiger partial charge in [-0.3, -0.25) is 4.79 Å². The number of carbonyl (C=O) groups is 1. The number of aryl methyl sites for hydroxylation is 2.